The second-order valence-corrected chi connectivity index (χ2v) is 11.7. The number of anilines is 1. The highest BCUT2D eigenvalue weighted by molar-refractivity contribution is 7.89. The Morgan fingerprint density at radius 3 is 2.13 bits per heavy atom. The lowest BCUT2D eigenvalue weighted by Crippen LogP contribution is -2.39. The molecule has 0 aliphatic heterocycles. The molecule has 0 radical (unpaired) electrons. The maximum atomic E-state index is 13.8. The average Bonchev–Trinajstić information content (AvgIpc) is 3.33. The molecular weight excluding hydrogens is 540 g/mol. The van der Waals surface area contributed by atoms with Crippen molar-refractivity contribution in [2.45, 2.75) is 32.6 Å². The van der Waals surface area contributed by atoms with Gasteiger partial charge in [-0.2, -0.15) is 4.31 Å². The Morgan fingerprint density at radius 2 is 1.58 bits per heavy atom. The Kier molecular flexibility index (Phi) is 11.7. The zero-order valence-corrected chi connectivity index (χ0v) is 25.0. The van der Waals surface area contributed by atoms with Crippen LogP contribution in [0.4, 0.5) is 5.13 Å². The van der Waals surface area contributed by atoms with E-state index in [0.29, 0.717) is 23.8 Å². The number of hydrogen-bond donors (Lipinski definition) is 0. The molecular formula is C28H37ClN4O3S2. The van der Waals surface area contributed by atoms with Crippen LogP contribution in [0.2, 0.25) is 0 Å². The number of fused-ring (bicyclic) bond motifs is 1. The van der Waals surface area contributed by atoms with Crippen LogP contribution in [0.1, 0.15) is 35.3 Å². The fourth-order valence-corrected chi connectivity index (χ4v) is 6.46. The minimum absolute atomic E-state index is 0. The van der Waals surface area contributed by atoms with Crippen molar-refractivity contribution in [3.63, 3.8) is 0 Å². The van der Waals surface area contributed by atoms with Crippen LogP contribution in [0.3, 0.4) is 0 Å². The summed E-state index contributed by atoms with van der Waals surface area (Å²) in [5, 5.41) is 0.640. The van der Waals surface area contributed by atoms with Gasteiger partial charge in [0, 0.05) is 31.7 Å². The molecule has 0 N–H and O–H groups in total. The fraction of sp³-hybridized carbons (Fsp3) is 0.357. The Hall–Kier alpha value is -2.56. The van der Waals surface area contributed by atoms with E-state index in [9.17, 15) is 13.2 Å². The first-order valence-electron chi connectivity index (χ1n) is 12.4. The Labute approximate surface area is 236 Å². The molecule has 0 saturated carbocycles. The first-order chi connectivity index (χ1) is 17.7. The topological polar surface area (TPSA) is 73.8 Å². The average molecular weight is 577 g/mol. The molecule has 0 aliphatic carbocycles. The number of aromatic nitrogens is 1. The van der Waals surface area contributed by atoms with E-state index in [2.05, 4.69) is 44.9 Å². The number of halogens is 1. The van der Waals surface area contributed by atoms with E-state index in [4.69, 9.17) is 4.98 Å². The molecule has 0 spiro atoms. The molecule has 0 unspecified atom stereocenters. The van der Waals surface area contributed by atoms with Gasteiger partial charge in [0.1, 0.15) is 0 Å². The highest BCUT2D eigenvalue weighted by atomic mass is 35.5. The third kappa shape index (κ3) is 6.90. The number of benzene rings is 2. The summed E-state index contributed by atoms with van der Waals surface area (Å²) in [5.74, 6) is -0.210. The van der Waals surface area contributed by atoms with E-state index < -0.39 is 10.0 Å². The van der Waals surface area contributed by atoms with Crippen molar-refractivity contribution in [2.75, 3.05) is 44.2 Å². The second kappa shape index (κ2) is 14.0. The van der Waals surface area contributed by atoms with E-state index in [0.717, 1.165) is 34.4 Å². The van der Waals surface area contributed by atoms with E-state index in [1.165, 1.54) is 39.9 Å². The summed E-state index contributed by atoms with van der Waals surface area (Å²) in [4.78, 5) is 22.7. The number of thiazole rings is 1. The summed E-state index contributed by atoms with van der Waals surface area (Å²) in [6.45, 7) is 18.9. The van der Waals surface area contributed by atoms with Crippen LogP contribution in [0.25, 0.3) is 10.2 Å². The number of sulfonamides is 1. The highest BCUT2D eigenvalue weighted by Crippen LogP contribution is 2.32. The van der Waals surface area contributed by atoms with Crippen LogP contribution in [-0.2, 0) is 10.0 Å². The predicted octanol–water partition coefficient (Wildman–Crippen LogP) is 5.69. The smallest absolute Gasteiger partial charge is 0.260 e. The number of likely N-dealkylation sites (N-methyl/N-ethyl adjacent to an activating group) is 1. The lowest BCUT2D eigenvalue weighted by Gasteiger charge is -2.25. The van der Waals surface area contributed by atoms with Gasteiger partial charge in [0.25, 0.3) is 5.91 Å². The minimum atomic E-state index is -3.75. The summed E-state index contributed by atoms with van der Waals surface area (Å²) in [5.41, 5.74) is 3.58. The van der Waals surface area contributed by atoms with Gasteiger partial charge in [0.05, 0.1) is 15.1 Å². The number of aryl methyl sites for hydroxylation is 2. The van der Waals surface area contributed by atoms with Gasteiger partial charge in [-0.15, -0.1) is 25.6 Å². The SMILES string of the molecule is C=CCN(CC=C)S(=O)(=O)c1ccc(C(=O)N(CCN(CC)CC)c2nc3c(C)c(C)ccc3s2)cc1.Cl. The van der Waals surface area contributed by atoms with Crippen molar-refractivity contribution in [1.82, 2.24) is 14.2 Å². The van der Waals surface area contributed by atoms with Crippen molar-refractivity contribution in [2.24, 2.45) is 0 Å². The third-order valence-corrected chi connectivity index (χ3v) is 9.38. The van der Waals surface area contributed by atoms with Crippen molar-refractivity contribution in [1.29, 1.82) is 0 Å². The zero-order valence-electron chi connectivity index (χ0n) is 22.5. The summed E-state index contributed by atoms with van der Waals surface area (Å²) >= 11 is 1.49. The van der Waals surface area contributed by atoms with E-state index in [-0.39, 0.29) is 36.3 Å². The molecule has 206 valence electrons. The molecule has 0 atom stereocenters. The van der Waals surface area contributed by atoms with Gasteiger partial charge in [-0.1, -0.05) is 43.4 Å². The molecule has 1 amide bonds. The van der Waals surface area contributed by atoms with Gasteiger partial charge in [-0.3, -0.25) is 9.69 Å². The first-order valence-corrected chi connectivity index (χ1v) is 14.7. The summed E-state index contributed by atoms with van der Waals surface area (Å²) in [6.07, 6.45) is 3.07. The number of carbonyl (C=O) groups excluding carboxylic acids is 1. The van der Waals surface area contributed by atoms with Crippen LogP contribution >= 0.6 is 23.7 Å². The van der Waals surface area contributed by atoms with Crippen LogP contribution in [0.15, 0.2) is 66.6 Å². The molecule has 1 aromatic heterocycles. The molecule has 10 heteroatoms. The van der Waals surface area contributed by atoms with E-state index in [1.807, 2.05) is 13.0 Å². The van der Waals surface area contributed by atoms with Crippen molar-refractivity contribution in [3.8, 4) is 0 Å². The molecule has 3 aromatic rings. The highest BCUT2D eigenvalue weighted by Gasteiger charge is 2.25. The van der Waals surface area contributed by atoms with Crippen LogP contribution in [0, 0.1) is 13.8 Å². The van der Waals surface area contributed by atoms with Gasteiger partial charge in [0.2, 0.25) is 10.0 Å². The van der Waals surface area contributed by atoms with Gasteiger partial charge in [-0.25, -0.2) is 13.4 Å². The number of hydrogen-bond acceptors (Lipinski definition) is 6. The Bertz CT molecular complexity index is 1360. The predicted molar refractivity (Wildman–Crippen MR) is 161 cm³/mol. The Morgan fingerprint density at radius 1 is 0.974 bits per heavy atom. The van der Waals surface area contributed by atoms with Gasteiger partial charge < -0.3 is 4.90 Å². The largest absolute Gasteiger partial charge is 0.302 e. The van der Waals surface area contributed by atoms with Crippen LogP contribution in [-0.4, -0.2) is 67.8 Å². The number of carbonyl (C=O) groups is 1. The molecule has 0 saturated heterocycles. The van der Waals surface area contributed by atoms with E-state index >= 15 is 0 Å². The normalized spacial score (nSPS) is 11.5. The van der Waals surface area contributed by atoms with Crippen LogP contribution in [0.5, 0.6) is 0 Å². The maximum Gasteiger partial charge on any atom is 0.260 e. The third-order valence-electron chi connectivity index (χ3n) is 6.49. The maximum absolute atomic E-state index is 13.8. The molecule has 1 heterocycles. The summed E-state index contributed by atoms with van der Waals surface area (Å²) in [7, 11) is -3.75. The quantitative estimate of drug-likeness (QED) is 0.245. The molecule has 7 nitrogen and oxygen atoms in total. The molecule has 0 bridgehead atoms. The number of amides is 1. The Balaban J connectivity index is 0.00000507. The lowest BCUT2D eigenvalue weighted by atomic mass is 10.1. The first kappa shape index (κ1) is 31.7. The van der Waals surface area contributed by atoms with Crippen molar-refractivity contribution in [3.05, 3.63) is 78.4 Å². The molecule has 2 aromatic carbocycles. The summed E-state index contributed by atoms with van der Waals surface area (Å²) < 4.78 is 28.5. The van der Waals surface area contributed by atoms with Gasteiger partial charge >= 0.3 is 0 Å². The van der Waals surface area contributed by atoms with Crippen LogP contribution < -0.4 is 4.90 Å². The zero-order chi connectivity index (χ0) is 27.2. The molecule has 0 aliphatic rings. The van der Waals surface area contributed by atoms with Crippen molar-refractivity contribution < 1.29 is 13.2 Å². The second-order valence-electron chi connectivity index (χ2n) is 8.76. The summed E-state index contributed by atoms with van der Waals surface area (Å²) in [6, 6.07) is 10.2. The van der Waals surface area contributed by atoms with Gasteiger partial charge in [0.15, 0.2) is 5.13 Å². The minimum Gasteiger partial charge on any atom is -0.302 e. The monoisotopic (exact) mass is 576 g/mol. The number of nitrogens with zero attached hydrogens (tertiary/aromatic N) is 4. The molecule has 38 heavy (non-hydrogen) atoms. The standard InChI is InChI=1S/C28H36N4O3S2.ClH/c1-7-17-31(18-8-2)37(34,35)24-14-12-23(13-15-24)27(33)32(20-19-30(9-3)10-4)28-29-26-22(6)21(5)11-16-25(26)36-28;/h7-8,11-16H,1-2,9-10,17-20H2,3-6H3;1H. The molecule has 0 fully saturated rings. The lowest BCUT2D eigenvalue weighted by molar-refractivity contribution is 0.0983. The van der Waals surface area contributed by atoms with Gasteiger partial charge in [-0.05, 0) is 68.4 Å². The van der Waals surface area contributed by atoms with E-state index in [1.54, 1.807) is 17.0 Å². The molecule has 3 rings (SSSR count). The fourth-order valence-electron chi connectivity index (χ4n) is 4.03. The van der Waals surface area contributed by atoms with Crippen molar-refractivity contribution >= 4 is 55.0 Å². The number of rotatable bonds is 13.